The Morgan fingerprint density at radius 2 is 1.92 bits per heavy atom. The van der Waals surface area contributed by atoms with Gasteiger partial charge in [-0.05, 0) is 54.7 Å². The molecule has 0 aromatic heterocycles. The summed E-state index contributed by atoms with van der Waals surface area (Å²) >= 11 is 0. The quantitative estimate of drug-likeness (QED) is 0.697. The topological polar surface area (TPSA) is 109 Å². The van der Waals surface area contributed by atoms with Crippen molar-refractivity contribution in [2.24, 2.45) is 22.9 Å². The van der Waals surface area contributed by atoms with Gasteiger partial charge in [-0.1, -0.05) is 39.3 Å². The summed E-state index contributed by atoms with van der Waals surface area (Å²) < 4.78 is 22.5. The molecule has 0 heterocycles. The van der Waals surface area contributed by atoms with Gasteiger partial charge in [-0.2, -0.15) is 0 Å². The monoisotopic (exact) mass is 382 g/mol. The van der Waals surface area contributed by atoms with Gasteiger partial charge in [0.15, 0.2) is 0 Å². The Kier molecular flexibility index (Phi) is 6.47. The van der Waals surface area contributed by atoms with Gasteiger partial charge in [0.25, 0.3) is 5.91 Å². The van der Waals surface area contributed by atoms with E-state index in [0.717, 1.165) is 18.4 Å². The van der Waals surface area contributed by atoms with Gasteiger partial charge in [0.2, 0.25) is 10.0 Å². The second-order valence-electron chi connectivity index (χ2n) is 7.86. The van der Waals surface area contributed by atoms with Crippen molar-refractivity contribution in [1.82, 2.24) is 5.32 Å². The van der Waals surface area contributed by atoms with Crippen molar-refractivity contribution in [2.45, 2.75) is 57.0 Å². The zero-order valence-electron chi connectivity index (χ0n) is 15.7. The Morgan fingerprint density at radius 1 is 1.31 bits per heavy atom. The Bertz CT molecular complexity index is 730. The van der Waals surface area contributed by atoms with Crippen molar-refractivity contribution in [3.05, 3.63) is 29.8 Å². The van der Waals surface area contributed by atoms with Crippen LogP contribution < -0.4 is 10.5 Å². The SMILES string of the molecule is CC1CCC(C(C)C)[C@@](O)(C(=O)NCCc2ccc(S(N)(=O)=O)cc2)C1. The van der Waals surface area contributed by atoms with Crippen LogP contribution in [0.2, 0.25) is 0 Å². The maximum Gasteiger partial charge on any atom is 0.252 e. The maximum atomic E-state index is 12.7. The molecule has 6 nitrogen and oxygen atoms in total. The van der Waals surface area contributed by atoms with E-state index in [-0.39, 0.29) is 22.6 Å². The number of hydrogen-bond donors (Lipinski definition) is 3. The number of carbonyl (C=O) groups is 1. The highest BCUT2D eigenvalue weighted by Gasteiger charge is 2.48. The van der Waals surface area contributed by atoms with Gasteiger partial charge in [-0.15, -0.1) is 0 Å². The van der Waals surface area contributed by atoms with Crippen LogP contribution in [0.4, 0.5) is 0 Å². The standard InChI is InChI=1S/C19H30N2O4S/c1-13(2)17-9-4-14(3)12-19(17,23)18(22)21-11-10-15-5-7-16(8-6-15)26(20,24)25/h5-8,13-14,17,23H,4,9-12H2,1-3H3,(H,21,22)(H2,20,24,25)/t14?,17?,19-/m1/s1. The third-order valence-electron chi connectivity index (χ3n) is 5.39. The first-order chi connectivity index (χ1) is 12.0. The number of nitrogens with one attached hydrogen (secondary N) is 1. The number of primary sulfonamides is 1. The average molecular weight is 383 g/mol. The first-order valence-corrected chi connectivity index (χ1v) is 10.7. The summed E-state index contributed by atoms with van der Waals surface area (Å²) in [4.78, 5) is 12.8. The van der Waals surface area contributed by atoms with Crippen LogP contribution in [0.3, 0.4) is 0 Å². The largest absolute Gasteiger partial charge is 0.380 e. The molecular weight excluding hydrogens is 352 g/mol. The summed E-state index contributed by atoms with van der Waals surface area (Å²) in [5.41, 5.74) is -0.425. The first-order valence-electron chi connectivity index (χ1n) is 9.16. The Balaban J connectivity index is 1.96. The lowest BCUT2D eigenvalue weighted by molar-refractivity contribution is -0.155. The minimum absolute atomic E-state index is 0.0345. The molecule has 0 bridgehead atoms. The minimum atomic E-state index is -3.70. The summed E-state index contributed by atoms with van der Waals surface area (Å²) in [6, 6.07) is 6.27. The predicted molar refractivity (Wildman–Crippen MR) is 101 cm³/mol. The number of rotatable bonds is 6. The molecule has 3 atom stereocenters. The molecule has 1 aliphatic carbocycles. The molecule has 0 aliphatic heterocycles. The van der Waals surface area contributed by atoms with Gasteiger partial charge in [-0.3, -0.25) is 4.79 Å². The summed E-state index contributed by atoms with van der Waals surface area (Å²) in [7, 11) is -3.70. The number of aliphatic hydroxyl groups is 1. The van der Waals surface area contributed by atoms with Crippen molar-refractivity contribution < 1.29 is 18.3 Å². The van der Waals surface area contributed by atoms with Crippen molar-refractivity contribution >= 4 is 15.9 Å². The lowest BCUT2D eigenvalue weighted by Crippen LogP contribution is -2.56. The van der Waals surface area contributed by atoms with Gasteiger partial charge in [0.1, 0.15) is 5.60 Å². The normalized spacial score (nSPS) is 26.7. The fourth-order valence-electron chi connectivity index (χ4n) is 3.95. The maximum absolute atomic E-state index is 12.7. The van der Waals surface area contributed by atoms with Gasteiger partial charge in [0.05, 0.1) is 4.90 Å². The highest BCUT2D eigenvalue weighted by molar-refractivity contribution is 7.89. The Morgan fingerprint density at radius 3 is 2.46 bits per heavy atom. The number of hydrogen-bond acceptors (Lipinski definition) is 4. The van der Waals surface area contributed by atoms with Crippen molar-refractivity contribution in [2.75, 3.05) is 6.54 Å². The minimum Gasteiger partial charge on any atom is -0.380 e. The van der Waals surface area contributed by atoms with E-state index in [2.05, 4.69) is 12.2 Å². The molecule has 0 spiro atoms. The Hall–Kier alpha value is -1.44. The second kappa shape index (κ2) is 8.06. The Labute approximate surface area is 156 Å². The van der Waals surface area contributed by atoms with Crippen LogP contribution in [0, 0.1) is 17.8 Å². The van der Waals surface area contributed by atoms with E-state index in [1.807, 2.05) is 13.8 Å². The third-order valence-corrected chi connectivity index (χ3v) is 6.32. The lowest BCUT2D eigenvalue weighted by Gasteiger charge is -2.43. The van der Waals surface area contributed by atoms with Gasteiger partial charge in [0, 0.05) is 6.54 Å². The molecule has 1 aromatic rings. The molecule has 1 amide bonds. The van der Waals surface area contributed by atoms with E-state index < -0.39 is 15.6 Å². The molecule has 1 fully saturated rings. The molecule has 1 aromatic carbocycles. The molecular formula is C19H30N2O4S. The van der Waals surface area contributed by atoms with Crippen molar-refractivity contribution in [1.29, 1.82) is 0 Å². The second-order valence-corrected chi connectivity index (χ2v) is 9.42. The van der Waals surface area contributed by atoms with Gasteiger partial charge in [-0.25, -0.2) is 13.6 Å². The van der Waals surface area contributed by atoms with E-state index in [1.54, 1.807) is 12.1 Å². The molecule has 0 saturated heterocycles. The van der Waals surface area contributed by atoms with E-state index in [4.69, 9.17) is 5.14 Å². The lowest BCUT2D eigenvalue weighted by atomic mass is 9.66. The smallest absolute Gasteiger partial charge is 0.252 e. The van der Waals surface area contributed by atoms with Gasteiger partial charge >= 0.3 is 0 Å². The van der Waals surface area contributed by atoms with Crippen LogP contribution in [-0.4, -0.2) is 31.6 Å². The highest BCUT2D eigenvalue weighted by atomic mass is 32.2. The number of carbonyl (C=O) groups excluding carboxylic acids is 1. The van der Waals surface area contributed by atoms with Crippen LogP contribution in [-0.2, 0) is 21.2 Å². The third kappa shape index (κ3) is 4.84. The fourth-order valence-corrected chi connectivity index (χ4v) is 4.47. The van der Waals surface area contributed by atoms with Crippen LogP contribution in [0.15, 0.2) is 29.2 Å². The zero-order valence-corrected chi connectivity index (χ0v) is 16.6. The number of benzene rings is 1. The molecule has 26 heavy (non-hydrogen) atoms. The van der Waals surface area contributed by atoms with Gasteiger partial charge < -0.3 is 10.4 Å². The highest BCUT2D eigenvalue weighted by Crippen LogP contribution is 2.41. The number of nitrogens with two attached hydrogens (primary N) is 1. The molecule has 4 N–H and O–H groups in total. The van der Waals surface area contributed by atoms with Crippen LogP contribution in [0.25, 0.3) is 0 Å². The molecule has 7 heteroatoms. The summed E-state index contributed by atoms with van der Waals surface area (Å²) in [5, 5.41) is 19.0. The van der Waals surface area contributed by atoms with E-state index >= 15 is 0 Å². The average Bonchev–Trinajstić information content (AvgIpc) is 2.54. The van der Waals surface area contributed by atoms with Crippen LogP contribution in [0.5, 0.6) is 0 Å². The number of sulfonamides is 1. The fraction of sp³-hybridized carbons (Fsp3) is 0.632. The van der Waals surface area contributed by atoms with Crippen molar-refractivity contribution in [3.8, 4) is 0 Å². The molecule has 0 radical (unpaired) electrons. The van der Waals surface area contributed by atoms with Crippen LogP contribution in [0.1, 0.15) is 45.6 Å². The van der Waals surface area contributed by atoms with Crippen LogP contribution >= 0.6 is 0 Å². The van der Waals surface area contributed by atoms with Crippen molar-refractivity contribution in [3.63, 3.8) is 0 Å². The van der Waals surface area contributed by atoms with E-state index in [0.29, 0.717) is 25.3 Å². The first kappa shape index (κ1) is 20.9. The molecule has 1 saturated carbocycles. The molecule has 146 valence electrons. The zero-order chi connectivity index (χ0) is 19.5. The predicted octanol–water partition coefficient (Wildman–Crippen LogP) is 1.82. The molecule has 2 rings (SSSR count). The number of amides is 1. The van der Waals surface area contributed by atoms with E-state index in [9.17, 15) is 18.3 Å². The summed E-state index contributed by atoms with van der Waals surface area (Å²) in [5.74, 6) is 0.229. The molecule has 2 unspecified atom stereocenters. The van der Waals surface area contributed by atoms with E-state index in [1.165, 1.54) is 12.1 Å². The summed E-state index contributed by atoms with van der Waals surface area (Å²) in [6.07, 6.45) is 2.94. The summed E-state index contributed by atoms with van der Waals surface area (Å²) in [6.45, 7) is 6.55. The molecule has 1 aliphatic rings.